The first-order valence-electron chi connectivity index (χ1n) is 5.44. The van der Waals surface area contributed by atoms with Gasteiger partial charge in [0.1, 0.15) is 0 Å². The second-order valence-corrected chi connectivity index (χ2v) is 4.29. The molecule has 0 amide bonds. The molecule has 0 saturated carbocycles. The standard InChI is InChI=1S/C12H16N2O3/c1-8(2)12(15)11(13)7-9-3-5-10(6-4-9)14(16)17/h3-6,8,11H,7,13H2,1-2H3/t11-/m0/s1. The highest BCUT2D eigenvalue weighted by Gasteiger charge is 2.17. The van der Waals surface area contributed by atoms with Crippen LogP contribution in [-0.2, 0) is 11.2 Å². The van der Waals surface area contributed by atoms with Gasteiger partial charge < -0.3 is 5.73 Å². The van der Waals surface area contributed by atoms with Crippen LogP contribution in [0.5, 0.6) is 0 Å². The van der Waals surface area contributed by atoms with Gasteiger partial charge in [-0.2, -0.15) is 0 Å². The van der Waals surface area contributed by atoms with Crippen molar-refractivity contribution in [2.24, 2.45) is 11.7 Å². The molecule has 0 aromatic heterocycles. The van der Waals surface area contributed by atoms with Crippen LogP contribution in [0.1, 0.15) is 19.4 Å². The molecular weight excluding hydrogens is 220 g/mol. The zero-order valence-electron chi connectivity index (χ0n) is 9.92. The lowest BCUT2D eigenvalue weighted by molar-refractivity contribution is -0.384. The number of carbonyl (C=O) groups is 1. The molecule has 1 atom stereocenters. The zero-order chi connectivity index (χ0) is 13.0. The Kier molecular flexibility index (Phi) is 4.34. The van der Waals surface area contributed by atoms with Crippen molar-refractivity contribution >= 4 is 11.5 Å². The Morgan fingerprint density at radius 1 is 1.35 bits per heavy atom. The molecule has 5 nitrogen and oxygen atoms in total. The third-order valence-corrected chi connectivity index (χ3v) is 2.54. The van der Waals surface area contributed by atoms with Crippen LogP contribution < -0.4 is 5.73 Å². The third kappa shape index (κ3) is 3.64. The molecule has 0 saturated heterocycles. The number of hydrogen-bond acceptors (Lipinski definition) is 4. The molecular formula is C12H16N2O3. The molecule has 1 aromatic carbocycles. The Morgan fingerprint density at radius 3 is 2.29 bits per heavy atom. The Bertz CT molecular complexity index is 412. The first-order valence-corrected chi connectivity index (χ1v) is 5.44. The van der Waals surface area contributed by atoms with Gasteiger partial charge in [0.2, 0.25) is 0 Å². The van der Waals surface area contributed by atoms with Gasteiger partial charge in [-0.05, 0) is 12.0 Å². The van der Waals surface area contributed by atoms with Crippen LogP contribution in [-0.4, -0.2) is 16.7 Å². The maximum atomic E-state index is 11.6. The van der Waals surface area contributed by atoms with Gasteiger partial charge in [0, 0.05) is 18.1 Å². The molecule has 92 valence electrons. The van der Waals surface area contributed by atoms with Crippen molar-refractivity contribution < 1.29 is 9.72 Å². The first kappa shape index (κ1) is 13.3. The number of nitro groups is 1. The summed E-state index contributed by atoms with van der Waals surface area (Å²) in [6.45, 7) is 3.61. The number of non-ortho nitro benzene ring substituents is 1. The van der Waals surface area contributed by atoms with E-state index >= 15 is 0 Å². The van der Waals surface area contributed by atoms with Gasteiger partial charge in [-0.1, -0.05) is 26.0 Å². The van der Waals surface area contributed by atoms with E-state index in [1.807, 2.05) is 0 Å². The van der Waals surface area contributed by atoms with Crippen LogP contribution in [0.4, 0.5) is 5.69 Å². The molecule has 0 fully saturated rings. The van der Waals surface area contributed by atoms with E-state index in [9.17, 15) is 14.9 Å². The van der Waals surface area contributed by atoms with E-state index in [0.717, 1.165) is 5.56 Å². The minimum atomic E-state index is -0.545. The lowest BCUT2D eigenvalue weighted by Gasteiger charge is -2.12. The molecule has 2 N–H and O–H groups in total. The molecule has 1 rings (SSSR count). The quantitative estimate of drug-likeness (QED) is 0.622. The summed E-state index contributed by atoms with van der Waals surface area (Å²) in [6, 6.07) is 5.55. The summed E-state index contributed by atoms with van der Waals surface area (Å²) in [4.78, 5) is 21.6. The first-order chi connectivity index (χ1) is 7.91. The zero-order valence-corrected chi connectivity index (χ0v) is 9.92. The van der Waals surface area contributed by atoms with Crippen LogP contribution >= 0.6 is 0 Å². The number of Topliss-reactive ketones (excluding diaryl/α,β-unsaturated/α-hetero) is 1. The van der Waals surface area contributed by atoms with Crippen LogP contribution in [0.15, 0.2) is 24.3 Å². The van der Waals surface area contributed by atoms with E-state index in [1.165, 1.54) is 12.1 Å². The summed E-state index contributed by atoms with van der Waals surface area (Å²) in [5, 5.41) is 10.5. The average Bonchev–Trinajstić information content (AvgIpc) is 2.28. The summed E-state index contributed by atoms with van der Waals surface area (Å²) < 4.78 is 0. The van der Waals surface area contributed by atoms with Crippen molar-refractivity contribution in [3.8, 4) is 0 Å². The second-order valence-electron chi connectivity index (χ2n) is 4.29. The van der Waals surface area contributed by atoms with Gasteiger partial charge in [0.05, 0.1) is 11.0 Å². The number of nitro benzene ring substituents is 1. The van der Waals surface area contributed by atoms with E-state index in [1.54, 1.807) is 26.0 Å². The molecule has 0 radical (unpaired) electrons. The van der Waals surface area contributed by atoms with E-state index < -0.39 is 11.0 Å². The Hall–Kier alpha value is -1.75. The summed E-state index contributed by atoms with van der Waals surface area (Å²) in [5.41, 5.74) is 6.63. The SMILES string of the molecule is CC(C)C(=O)[C@@H](N)Cc1ccc([N+](=O)[O-])cc1. The fourth-order valence-corrected chi connectivity index (χ4v) is 1.54. The minimum absolute atomic E-state index is 0.00310. The molecule has 0 heterocycles. The van der Waals surface area contributed by atoms with Crippen molar-refractivity contribution in [1.29, 1.82) is 0 Å². The molecule has 0 bridgehead atoms. The Morgan fingerprint density at radius 2 is 1.88 bits per heavy atom. The molecule has 17 heavy (non-hydrogen) atoms. The van der Waals surface area contributed by atoms with Crippen LogP contribution in [0.2, 0.25) is 0 Å². The fraction of sp³-hybridized carbons (Fsp3) is 0.417. The van der Waals surface area contributed by atoms with Gasteiger partial charge in [-0.3, -0.25) is 14.9 Å². The lowest BCUT2D eigenvalue weighted by atomic mass is 9.96. The van der Waals surface area contributed by atoms with E-state index in [4.69, 9.17) is 5.73 Å². The Labute approximate surface area is 99.8 Å². The summed E-state index contributed by atoms with van der Waals surface area (Å²) >= 11 is 0. The molecule has 0 unspecified atom stereocenters. The second kappa shape index (κ2) is 5.54. The highest BCUT2D eigenvalue weighted by atomic mass is 16.6. The largest absolute Gasteiger partial charge is 0.321 e. The van der Waals surface area contributed by atoms with E-state index in [2.05, 4.69) is 0 Å². The van der Waals surface area contributed by atoms with Gasteiger partial charge >= 0.3 is 0 Å². The molecule has 0 aliphatic carbocycles. The van der Waals surface area contributed by atoms with Crippen molar-refractivity contribution in [2.75, 3.05) is 0 Å². The lowest BCUT2D eigenvalue weighted by Crippen LogP contribution is -2.35. The van der Waals surface area contributed by atoms with Gasteiger partial charge in [0.15, 0.2) is 5.78 Å². The summed E-state index contributed by atoms with van der Waals surface area (Å²) in [5.74, 6) is -0.0913. The number of hydrogen-bond donors (Lipinski definition) is 1. The Balaban J connectivity index is 2.69. The smallest absolute Gasteiger partial charge is 0.269 e. The molecule has 0 spiro atoms. The predicted molar refractivity (Wildman–Crippen MR) is 64.6 cm³/mol. The average molecular weight is 236 g/mol. The van der Waals surface area contributed by atoms with Crippen LogP contribution in [0, 0.1) is 16.0 Å². The van der Waals surface area contributed by atoms with Crippen molar-refractivity contribution in [3.63, 3.8) is 0 Å². The molecule has 1 aromatic rings. The third-order valence-electron chi connectivity index (χ3n) is 2.54. The number of carbonyl (C=O) groups excluding carboxylic acids is 1. The number of nitrogens with two attached hydrogens (primary N) is 1. The van der Waals surface area contributed by atoms with Crippen molar-refractivity contribution in [1.82, 2.24) is 0 Å². The summed E-state index contributed by atoms with van der Waals surface area (Å²) in [6.07, 6.45) is 0.412. The molecule has 0 aliphatic heterocycles. The predicted octanol–water partition coefficient (Wildman–Crippen LogP) is 1.69. The van der Waals surface area contributed by atoms with Crippen LogP contribution in [0.3, 0.4) is 0 Å². The number of rotatable bonds is 5. The number of ketones is 1. The molecule has 0 aliphatic rings. The minimum Gasteiger partial charge on any atom is -0.321 e. The topological polar surface area (TPSA) is 86.2 Å². The number of benzene rings is 1. The van der Waals surface area contributed by atoms with Gasteiger partial charge in [-0.25, -0.2) is 0 Å². The normalized spacial score (nSPS) is 12.5. The monoisotopic (exact) mass is 236 g/mol. The fourth-order valence-electron chi connectivity index (χ4n) is 1.54. The van der Waals surface area contributed by atoms with Gasteiger partial charge in [0.25, 0.3) is 5.69 Å². The highest BCUT2D eigenvalue weighted by molar-refractivity contribution is 5.85. The number of nitrogens with zero attached hydrogens (tertiary/aromatic N) is 1. The summed E-state index contributed by atoms with van der Waals surface area (Å²) in [7, 11) is 0. The highest BCUT2D eigenvalue weighted by Crippen LogP contribution is 2.13. The van der Waals surface area contributed by atoms with Gasteiger partial charge in [-0.15, -0.1) is 0 Å². The van der Waals surface area contributed by atoms with Crippen molar-refractivity contribution in [3.05, 3.63) is 39.9 Å². The molecule has 5 heteroatoms. The van der Waals surface area contributed by atoms with Crippen molar-refractivity contribution in [2.45, 2.75) is 26.3 Å². The van der Waals surface area contributed by atoms with E-state index in [0.29, 0.717) is 6.42 Å². The maximum absolute atomic E-state index is 11.6. The van der Waals surface area contributed by atoms with Crippen LogP contribution in [0.25, 0.3) is 0 Å². The maximum Gasteiger partial charge on any atom is 0.269 e. The van der Waals surface area contributed by atoms with E-state index in [-0.39, 0.29) is 17.4 Å².